The Labute approximate surface area is 243 Å². The van der Waals surface area contributed by atoms with Crippen LogP contribution in [-0.2, 0) is 22.6 Å². The first-order chi connectivity index (χ1) is 19.4. The van der Waals surface area contributed by atoms with E-state index in [1.54, 1.807) is 4.90 Å². The van der Waals surface area contributed by atoms with Crippen LogP contribution in [0, 0.1) is 0 Å². The SMILES string of the molecule is CC[C@H](C)NC(=O)[C@@H](Cc1ccccc1)N(Cc1ccc(Cl)cc1)C(=O)CC(c1ccccc1)c1ccccc1. The Bertz CT molecular complexity index is 1310. The third kappa shape index (κ3) is 8.06. The summed E-state index contributed by atoms with van der Waals surface area (Å²) in [5.41, 5.74) is 4.06. The van der Waals surface area contributed by atoms with Crippen LogP contribution in [0.3, 0.4) is 0 Å². The smallest absolute Gasteiger partial charge is 0.243 e. The molecule has 4 aromatic carbocycles. The van der Waals surface area contributed by atoms with Crippen LogP contribution >= 0.6 is 11.6 Å². The van der Waals surface area contributed by atoms with Crippen molar-refractivity contribution in [2.45, 2.75) is 57.7 Å². The van der Waals surface area contributed by atoms with Gasteiger partial charge in [-0.05, 0) is 47.7 Å². The second kappa shape index (κ2) is 14.5. The van der Waals surface area contributed by atoms with E-state index in [0.29, 0.717) is 18.0 Å². The number of halogens is 1. The van der Waals surface area contributed by atoms with Gasteiger partial charge in [-0.3, -0.25) is 9.59 Å². The van der Waals surface area contributed by atoms with E-state index < -0.39 is 6.04 Å². The highest BCUT2D eigenvalue weighted by Gasteiger charge is 2.32. The highest BCUT2D eigenvalue weighted by atomic mass is 35.5. The van der Waals surface area contributed by atoms with Gasteiger partial charge < -0.3 is 10.2 Å². The van der Waals surface area contributed by atoms with Crippen molar-refractivity contribution < 1.29 is 9.59 Å². The minimum Gasteiger partial charge on any atom is -0.352 e. The lowest BCUT2D eigenvalue weighted by Gasteiger charge is -2.33. The van der Waals surface area contributed by atoms with E-state index in [1.165, 1.54) is 0 Å². The minimum atomic E-state index is -0.674. The first-order valence-corrected chi connectivity index (χ1v) is 14.3. The number of benzene rings is 4. The average Bonchev–Trinajstić information content (AvgIpc) is 2.99. The molecule has 0 saturated carbocycles. The number of hydrogen-bond acceptors (Lipinski definition) is 2. The van der Waals surface area contributed by atoms with E-state index in [2.05, 4.69) is 29.6 Å². The number of carbonyl (C=O) groups excluding carboxylic acids is 2. The molecule has 4 aromatic rings. The first kappa shape index (κ1) is 29.1. The number of hydrogen-bond donors (Lipinski definition) is 1. The molecule has 4 rings (SSSR count). The number of nitrogens with one attached hydrogen (secondary N) is 1. The maximum Gasteiger partial charge on any atom is 0.243 e. The summed E-state index contributed by atoms with van der Waals surface area (Å²) in [7, 11) is 0. The molecule has 0 fully saturated rings. The largest absolute Gasteiger partial charge is 0.352 e. The van der Waals surface area contributed by atoms with Gasteiger partial charge in [-0.2, -0.15) is 0 Å². The van der Waals surface area contributed by atoms with Crippen molar-refractivity contribution in [2.75, 3.05) is 0 Å². The van der Waals surface area contributed by atoms with Gasteiger partial charge in [-0.15, -0.1) is 0 Å². The maximum atomic E-state index is 14.4. The Kier molecular flexibility index (Phi) is 10.5. The summed E-state index contributed by atoms with van der Waals surface area (Å²) < 4.78 is 0. The molecule has 0 aliphatic heterocycles. The molecule has 2 amide bonds. The van der Waals surface area contributed by atoms with Crippen molar-refractivity contribution in [1.82, 2.24) is 10.2 Å². The molecule has 0 spiro atoms. The molecule has 0 aromatic heterocycles. The zero-order chi connectivity index (χ0) is 28.3. The monoisotopic (exact) mass is 552 g/mol. The second-order valence-electron chi connectivity index (χ2n) is 10.2. The third-order valence-electron chi connectivity index (χ3n) is 7.32. The lowest BCUT2D eigenvalue weighted by Crippen LogP contribution is -2.52. The normalized spacial score (nSPS) is 12.5. The summed E-state index contributed by atoms with van der Waals surface area (Å²) in [4.78, 5) is 29.9. The topological polar surface area (TPSA) is 49.4 Å². The summed E-state index contributed by atoms with van der Waals surface area (Å²) in [6.45, 7) is 4.33. The van der Waals surface area contributed by atoms with Crippen LogP contribution in [0.2, 0.25) is 5.02 Å². The molecule has 0 unspecified atom stereocenters. The van der Waals surface area contributed by atoms with E-state index in [-0.39, 0.29) is 30.2 Å². The van der Waals surface area contributed by atoms with Gasteiger partial charge in [0.1, 0.15) is 6.04 Å². The fourth-order valence-corrected chi connectivity index (χ4v) is 5.00. The molecule has 0 saturated heterocycles. The minimum absolute atomic E-state index is 0.000330. The van der Waals surface area contributed by atoms with Crippen molar-refractivity contribution in [2.24, 2.45) is 0 Å². The Morgan fingerprint density at radius 3 is 1.80 bits per heavy atom. The predicted octanol–water partition coefficient (Wildman–Crippen LogP) is 7.42. The van der Waals surface area contributed by atoms with Crippen LogP contribution in [0.15, 0.2) is 115 Å². The van der Waals surface area contributed by atoms with E-state index in [9.17, 15) is 9.59 Å². The Balaban J connectivity index is 1.73. The first-order valence-electron chi connectivity index (χ1n) is 13.9. The maximum absolute atomic E-state index is 14.4. The average molecular weight is 553 g/mol. The highest BCUT2D eigenvalue weighted by Crippen LogP contribution is 2.30. The molecule has 40 heavy (non-hydrogen) atoms. The zero-order valence-corrected chi connectivity index (χ0v) is 23.9. The molecular formula is C35H37ClN2O2. The van der Waals surface area contributed by atoms with E-state index >= 15 is 0 Å². The van der Waals surface area contributed by atoms with E-state index in [0.717, 1.165) is 28.7 Å². The Morgan fingerprint density at radius 1 is 0.750 bits per heavy atom. The summed E-state index contributed by atoms with van der Waals surface area (Å²) in [6.07, 6.45) is 1.46. The zero-order valence-electron chi connectivity index (χ0n) is 23.2. The highest BCUT2D eigenvalue weighted by molar-refractivity contribution is 6.30. The van der Waals surface area contributed by atoms with Crippen molar-refractivity contribution in [3.8, 4) is 0 Å². The lowest BCUT2D eigenvalue weighted by atomic mass is 9.87. The van der Waals surface area contributed by atoms with Crippen molar-refractivity contribution in [1.29, 1.82) is 0 Å². The molecule has 206 valence electrons. The number of rotatable bonds is 12. The van der Waals surface area contributed by atoms with Gasteiger partial charge >= 0.3 is 0 Å². The van der Waals surface area contributed by atoms with Crippen LogP contribution in [0.1, 0.15) is 54.9 Å². The fourth-order valence-electron chi connectivity index (χ4n) is 4.87. The Hall–Kier alpha value is -3.89. The summed E-state index contributed by atoms with van der Waals surface area (Å²) >= 11 is 6.16. The van der Waals surface area contributed by atoms with Crippen LogP contribution < -0.4 is 5.32 Å². The standard InChI is InChI=1S/C35H37ClN2O2/c1-3-26(2)37-35(40)33(23-27-13-7-4-8-14-27)38(25-28-19-21-31(36)22-20-28)34(39)24-32(29-15-9-5-10-16-29)30-17-11-6-12-18-30/h4-22,26,32-33H,3,23-25H2,1-2H3,(H,37,40)/t26-,33+/m0/s1. The number of carbonyl (C=O) groups is 2. The van der Waals surface area contributed by atoms with Crippen LogP contribution in [0.5, 0.6) is 0 Å². The molecular weight excluding hydrogens is 516 g/mol. The fraction of sp³-hybridized carbons (Fsp3) is 0.257. The van der Waals surface area contributed by atoms with Gasteiger partial charge in [-0.25, -0.2) is 0 Å². The van der Waals surface area contributed by atoms with Crippen LogP contribution in [0.25, 0.3) is 0 Å². The molecule has 0 heterocycles. The van der Waals surface area contributed by atoms with Crippen molar-refractivity contribution in [3.05, 3.63) is 143 Å². The number of nitrogens with zero attached hydrogens (tertiary/aromatic N) is 1. The van der Waals surface area contributed by atoms with Gasteiger partial charge in [0.2, 0.25) is 11.8 Å². The van der Waals surface area contributed by atoms with Crippen LogP contribution in [-0.4, -0.2) is 28.8 Å². The lowest BCUT2D eigenvalue weighted by molar-refractivity contribution is -0.141. The molecule has 0 aliphatic rings. The summed E-state index contributed by atoms with van der Waals surface area (Å²) in [5.74, 6) is -0.359. The van der Waals surface area contributed by atoms with Gasteiger partial charge in [0.15, 0.2) is 0 Å². The molecule has 0 aliphatic carbocycles. The van der Waals surface area contributed by atoms with Gasteiger partial charge in [0.05, 0.1) is 0 Å². The number of amides is 2. The molecule has 0 bridgehead atoms. The van der Waals surface area contributed by atoms with Gasteiger partial charge in [-0.1, -0.05) is 122 Å². The van der Waals surface area contributed by atoms with E-state index in [1.807, 2.05) is 105 Å². The summed E-state index contributed by atoms with van der Waals surface area (Å²) in [5, 5.41) is 3.77. The Morgan fingerprint density at radius 2 is 1.27 bits per heavy atom. The van der Waals surface area contributed by atoms with Crippen LogP contribution in [0.4, 0.5) is 0 Å². The van der Waals surface area contributed by atoms with Gasteiger partial charge in [0.25, 0.3) is 0 Å². The van der Waals surface area contributed by atoms with Gasteiger partial charge in [0, 0.05) is 36.4 Å². The second-order valence-corrected chi connectivity index (χ2v) is 10.7. The summed E-state index contributed by atoms with van der Waals surface area (Å²) in [6, 6.07) is 36.9. The van der Waals surface area contributed by atoms with Crippen molar-refractivity contribution >= 4 is 23.4 Å². The third-order valence-corrected chi connectivity index (χ3v) is 7.57. The quantitative estimate of drug-likeness (QED) is 0.199. The molecule has 1 N–H and O–H groups in total. The van der Waals surface area contributed by atoms with Crippen molar-refractivity contribution in [3.63, 3.8) is 0 Å². The molecule has 0 radical (unpaired) electrons. The predicted molar refractivity (Wildman–Crippen MR) is 163 cm³/mol. The molecule has 2 atom stereocenters. The molecule has 4 nitrogen and oxygen atoms in total. The van der Waals surface area contributed by atoms with E-state index in [4.69, 9.17) is 11.6 Å². The molecule has 5 heteroatoms.